The Morgan fingerprint density at radius 1 is 1.62 bits per heavy atom. The Morgan fingerprint density at radius 2 is 2.54 bits per heavy atom. The molecule has 1 aliphatic heterocycles. The number of hydrogen-bond donors (Lipinski definition) is 1. The van der Waals surface area contributed by atoms with Crippen molar-refractivity contribution in [3.05, 3.63) is 30.1 Å². The summed E-state index contributed by atoms with van der Waals surface area (Å²) in [4.78, 5) is 3.96. The van der Waals surface area contributed by atoms with Gasteiger partial charge in [0.05, 0.1) is 6.10 Å². The van der Waals surface area contributed by atoms with Gasteiger partial charge in [0.2, 0.25) is 0 Å². The summed E-state index contributed by atoms with van der Waals surface area (Å²) in [5.74, 6) is 0. The van der Waals surface area contributed by atoms with Crippen molar-refractivity contribution in [2.75, 3.05) is 6.61 Å². The molecule has 2 rings (SSSR count). The number of nitrogens with zero attached hydrogens (tertiary/aromatic N) is 1. The molecule has 1 N–H and O–H groups in total. The van der Waals surface area contributed by atoms with Crippen LogP contribution in [0.5, 0.6) is 0 Å². The molecule has 2 heterocycles. The first-order chi connectivity index (χ1) is 6.38. The van der Waals surface area contributed by atoms with E-state index in [4.69, 9.17) is 4.74 Å². The van der Waals surface area contributed by atoms with E-state index < -0.39 is 6.10 Å². The van der Waals surface area contributed by atoms with Crippen LogP contribution in [0, 0.1) is 0 Å². The first kappa shape index (κ1) is 8.66. The third kappa shape index (κ3) is 1.87. The molecule has 2 atom stereocenters. The quantitative estimate of drug-likeness (QED) is 0.744. The lowest BCUT2D eigenvalue weighted by molar-refractivity contribution is -0.00274. The lowest BCUT2D eigenvalue weighted by Crippen LogP contribution is -2.17. The van der Waals surface area contributed by atoms with E-state index in [1.165, 1.54) is 0 Å². The minimum Gasteiger partial charge on any atom is -0.386 e. The maximum atomic E-state index is 9.86. The third-order valence-corrected chi connectivity index (χ3v) is 2.34. The van der Waals surface area contributed by atoms with Gasteiger partial charge in [0, 0.05) is 24.6 Å². The summed E-state index contributed by atoms with van der Waals surface area (Å²) in [6.07, 6.45) is 4.82. The van der Waals surface area contributed by atoms with Crippen molar-refractivity contribution >= 4 is 0 Å². The minimum atomic E-state index is -0.517. The van der Waals surface area contributed by atoms with Gasteiger partial charge in [0.25, 0.3) is 0 Å². The van der Waals surface area contributed by atoms with E-state index in [9.17, 15) is 5.11 Å². The summed E-state index contributed by atoms with van der Waals surface area (Å²) in [5, 5.41) is 9.86. The zero-order valence-electron chi connectivity index (χ0n) is 7.39. The molecule has 0 aliphatic carbocycles. The Kier molecular flexibility index (Phi) is 2.57. The van der Waals surface area contributed by atoms with Crippen molar-refractivity contribution < 1.29 is 9.84 Å². The van der Waals surface area contributed by atoms with E-state index in [0.29, 0.717) is 0 Å². The Hall–Kier alpha value is -0.930. The number of rotatable bonds is 2. The molecule has 1 saturated heterocycles. The van der Waals surface area contributed by atoms with E-state index in [1.807, 2.05) is 12.1 Å². The smallest absolute Gasteiger partial charge is 0.107 e. The molecule has 3 nitrogen and oxygen atoms in total. The fourth-order valence-electron chi connectivity index (χ4n) is 1.62. The predicted molar refractivity (Wildman–Crippen MR) is 48.2 cm³/mol. The monoisotopic (exact) mass is 179 g/mol. The molecule has 3 heteroatoms. The van der Waals surface area contributed by atoms with Crippen LogP contribution in [0.1, 0.15) is 24.5 Å². The topological polar surface area (TPSA) is 42.4 Å². The Labute approximate surface area is 77.4 Å². The summed E-state index contributed by atoms with van der Waals surface area (Å²) in [6, 6.07) is 3.70. The van der Waals surface area contributed by atoms with Gasteiger partial charge in [-0.15, -0.1) is 0 Å². The van der Waals surface area contributed by atoms with Crippen molar-refractivity contribution in [1.29, 1.82) is 0 Å². The van der Waals surface area contributed by atoms with Crippen LogP contribution in [0.2, 0.25) is 0 Å². The first-order valence-electron chi connectivity index (χ1n) is 4.57. The van der Waals surface area contributed by atoms with Crippen LogP contribution in [-0.4, -0.2) is 22.8 Å². The summed E-state index contributed by atoms with van der Waals surface area (Å²) in [7, 11) is 0. The van der Waals surface area contributed by atoms with Gasteiger partial charge in [0.1, 0.15) is 6.10 Å². The van der Waals surface area contributed by atoms with Gasteiger partial charge in [-0.2, -0.15) is 0 Å². The van der Waals surface area contributed by atoms with Crippen LogP contribution in [0.4, 0.5) is 0 Å². The van der Waals surface area contributed by atoms with Crippen molar-refractivity contribution in [3.63, 3.8) is 0 Å². The maximum Gasteiger partial charge on any atom is 0.107 e. The predicted octanol–water partition coefficient (Wildman–Crippen LogP) is 1.29. The van der Waals surface area contributed by atoms with E-state index in [0.717, 1.165) is 25.0 Å². The highest BCUT2D eigenvalue weighted by atomic mass is 16.5. The molecule has 0 saturated carbocycles. The van der Waals surface area contributed by atoms with Gasteiger partial charge >= 0.3 is 0 Å². The second-order valence-corrected chi connectivity index (χ2v) is 3.28. The van der Waals surface area contributed by atoms with Crippen LogP contribution in [0.25, 0.3) is 0 Å². The van der Waals surface area contributed by atoms with E-state index in [-0.39, 0.29) is 6.10 Å². The average Bonchev–Trinajstić information content (AvgIpc) is 2.71. The molecule has 0 bridgehead atoms. The maximum absolute atomic E-state index is 9.86. The SMILES string of the molecule is O[C@@H](c1cccnc1)[C@H]1CCCO1. The third-order valence-electron chi connectivity index (χ3n) is 2.34. The van der Waals surface area contributed by atoms with Crippen LogP contribution >= 0.6 is 0 Å². The van der Waals surface area contributed by atoms with Crippen LogP contribution in [0.15, 0.2) is 24.5 Å². The number of pyridine rings is 1. The van der Waals surface area contributed by atoms with Gasteiger partial charge in [-0.05, 0) is 18.9 Å². The van der Waals surface area contributed by atoms with E-state index in [1.54, 1.807) is 12.4 Å². The first-order valence-corrected chi connectivity index (χ1v) is 4.57. The molecular formula is C10H13NO2. The van der Waals surface area contributed by atoms with Crippen LogP contribution < -0.4 is 0 Å². The molecule has 1 aliphatic rings. The highest BCUT2D eigenvalue weighted by Gasteiger charge is 2.25. The molecule has 70 valence electrons. The fourth-order valence-corrected chi connectivity index (χ4v) is 1.62. The van der Waals surface area contributed by atoms with Crippen molar-refractivity contribution in [3.8, 4) is 0 Å². The van der Waals surface area contributed by atoms with Crippen molar-refractivity contribution in [2.45, 2.75) is 25.0 Å². The van der Waals surface area contributed by atoms with Crippen LogP contribution in [0.3, 0.4) is 0 Å². The molecule has 1 aromatic rings. The van der Waals surface area contributed by atoms with Gasteiger partial charge < -0.3 is 9.84 Å². The standard InChI is InChI=1S/C10H13NO2/c12-10(9-4-2-6-13-9)8-3-1-5-11-7-8/h1,3,5,7,9-10,12H,2,4,6H2/t9-,10+/m1/s1. The molecule has 0 aromatic carbocycles. The highest BCUT2D eigenvalue weighted by molar-refractivity contribution is 5.13. The zero-order valence-corrected chi connectivity index (χ0v) is 7.39. The minimum absolute atomic E-state index is 0.0378. The Balaban J connectivity index is 2.08. The molecule has 13 heavy (non-hydrogen) atoms. The van der Waals surface area contributed by atoms with Crippen LogP contribution in [-0.2, 0) is 4.74 Å². The summed E-state index contributed by atoms with van der Waals surface area (Å²) < 4.78 is 5.39. The lowest BCUT2D eigenvalue weighted by Gasteiger charge is -2.16. The van der Waals surface area contributed by atoms with Gasteiger partial charge in [-0.1, -0.05) is 6.07 Å². The zero-order chi connectivity index (χ0) is 9.10. The summed E-state index contributed by atoms with van der Waals surface area (Å²) in [5.41, 5.74) is 0.842. The van der Waals surface area contributed by atoms with Gasteiger partial charge in [-0.3, -0.25) is 4.98 Å². The number of aliphatic hydroxyl groups excluding tert-OH is 1. The molecule has 0 unspecified atom stereocenters. The largest absolute Gasteiger partial charge is 0.386 e. The summed E-state index contributed by atoms with van der Waals surface area (Å²) in [6.45, 7) is 0.766. The second-order valence-electron chi connectivity index (χ2n) is 3.28. The molecule has 0 radical (unpaired) electrons. The number of aliphatic hydroxyl groups is 1. The number of aromatic nitrogens is 1. The number of ether oxygens (including phenoxy) is 1. The van der Waals surface area contributed by atoms with E-state index in [2.05, 4.69) is 4.98 Å². The van der Waals surface area contributed by atoms with Gasteiger partial charge in [0.15, 0.2) is 0 Å². The lowest BCUT2D eigenvalue weighted by atomic mass is 10.0. The molecule has 1 aromatic heterocycles. The van der Waals surface area contributed by atoms with Crippen molar-refractivity contribution in [2.24, 2.45) is 0 Å². The van der Waals surface area contributed by atoms with Gasteiger partial charge in [-0.25, -0.2) is 0 Å². The second kappa shape index (κ2) is 3.85. The summed E-state index contributed by atoms with van der Waals surface area (Å²) >= 11 is 0. The average molecular weight is 179 g/mol. The van der Waals surface area contributed by atoms with E-state index >= 15 is 0 Å². The van der Waals surface area contributed by atoms with Crippen molar-refractivity contribution in [1.82, 2.24) is 4.98 Å². The molecular weight excluding hydrogens is 166 g/mol. The molecule has 0 spiro atoms. The molecule has 0 amide bonds. The molecule has 1 fully saturated rings. The normalized spacial score (nSPS) is 24.5. The number of hydrogen-bond acceptors (Lipinski definition) is 3. The Morgan fingerprint density at radius 3 is 3.15 bits per heavy atom. The highest BCUT2D eigenvalue weighted by Crippen LogP contribution is 2.25. The Bertz CT molecular complexity index is 257. The fraction of sp³-hybridized carbons (Fsp3) is 0.500.